The van der Waals surface area contributed by atoms with Crippen molar-refractivity contribution in [1.82, 2.24) is 4.90 Å². The molecule has 6 heteroatoms. The van der Waals surface area contributed by atoms with Crippen LogP contribution in [0.15, 0.2) is 29.2 Å². The molecule has 1 aromatic rings. The van der Waals surface area contributed by atoms with Gasteiger partial charge in [-0.1, -0.05) is 6.07 Å². The van der Waals surface area contributed by atoms with Crippen molar-refractivity contribution in [3.63, 3.8) is 0 Å². The number of carbonyl (C=O) groups excluding carboxylic acids is 1. The largest absolute Gasteiger partial charge is 0.336 e. The van der Waals surface area contributed by atoms with E-state index in [1.165, 1.54) is 12.1 Å². The molecule has 0 N–H and O–H groups in total. The topological polar surface area (TPSA) is 54.5 Å². The van der Waals surface area contributed by atoms with Gasteiger partial charge in [0.05, 0.1) is 4.90 Å². The van der Waals surface area contributed by atoms with E-state index in [1.807, 2.05) is 4.90 Å². The molecule has 0 unspecified atom stereocenters. The second kappa shape index (κ2) is 6.79. The monoisotopic (exact) mass is 329 g/mol. The average molecular weight is 330 g/mol. The van der Waals surface area contributed by atoms with E-state index < -0.39 is 9.84 Å². The molecule has 1 aliphatic carbocycles. The normalized spacial score (nSPS) is 15.5. The summed E-state index contributed by atoms with van der Waals surface area (Å²) in [4.78, 5) is 14.7. The Balaban J connectivity index is 2.23. The van der Waals surface area contributed by atoms with Gasteiger partial charge in [0.2, 0.25) is 0 Å². The molecule has 2 rings (SSSR count). The van der Waals surface area contributed by atoms with Crippen LogP contribution in [0.4, 0.5) is 0 Å². The summed E-state index contributed by atoms with van der Waals surface area (Å²) in [6.07, 6.45) is 5.06. The minimum Gasteiger partial charge on any atom is -0.336 e. The number of nitrogens with zero attached hydrogens (tertiary/aromatic N) is 1. The highest BCUT2D eigenvalue weighted by Crippen LogP contribution is 2.27. The van der Waals surface area contributed by atoms with Crippen LogP contribution in [0, 0.1) is 0 Å². The molecule has 0 heterocycles. The Morgan fingerprint density at radius 3 is 2.62 bits per heavy atom. The molecular formula is C15H20ClNO3S. The molecule has 1 aliphatic rings. The SMILES string of the molecule is CS(=O)(=O)c1cccc(C(=O)N(CCCCl)C2CCC2)c1. The summed E-state index contributed by atoms with van der Waals surface area (Å²) in [5.74, 6) is 0.412. The summed E-state index contributed by atoms with van der Waals surface area (Å²) < 4.78 is 23.2. The Bertz CT molecular complexity index is 611. The lowest BCUT2D eigenvalue weighted by atomic mass is 9.91. The molecule has 0 spiro atoms. The van der Waals surface area contributed by atoms with Gasteiger partial charge in [-0.2, -0.15) is 0 Å². The van der Waals surface area contributed by atoms with Gasteiger partial charge in [-0.3, -0.25) is 4.79 Å². The summed E-state index contributed by atoms with van der Waals surface area (Å²) >= 11 is 5.73. The Kier molecular flexibility index (Phi) is 5.27. The predicted molar refractivity (Wildman–Crippen MR) is 83.6 cm³/mol. The van der Waals surface area contributed by atoms with Crippen LogP contribution < -0.4 is 0 Å². The van der Waals surface area contributed by atoms with Crippen LogP contribution in [0.2, 0.25) is 0 Å². The number of hydrogen-bond donors (Lipinski definition) is 0. The highest BCUT2D eigenvalue weighted by molar-refractivity contribution is 7.90. The minimum absolute atomic E-state index is 0.102. The highest BCUT2D eigenvalue weighted by atomic mass is 35.5. The van der Waals surface area contributed by atoms with E-state index in [-0.39, 0.29) is 16.8 Å². The second-order valence-electron chi connectivity index (χ2n) is 5.43. The first-order valence-electron chi connectivity index (χ1n) is 7.10. The summed E-state index contributed by atoms with van der Waals surface area (Å²) in [7, 11) is -3.31. The fourth-order valence-electron chi connectivity index (χ4n) is 2.40. The van der Waals surface area contributed by atoms with Crippen molar-refractivity contribution in [3.05, 3.63) is 29.8 Å². The Hall–Kier alpha value is -1.07. The molecule has 4 nitrogen and oxygen atoms in total. The third-order valence-corrected chi connectivity index (χ3v) is 5.20. The molecular weight excluding hydrogens is 310 g/mol. The van der Waals surface area contributed by atoms with E-state index in [0.717, 1.165) is 31.9 Å². The van der Waals surface area contributed by atoms with Gasteiger partial charge >= 0.3 is 0 Å². The van der Waals surface area contributed by atoms with Crippen molar-refractivity contribution < 1.29 is 13.2 Å². The number of rotatable bonds is 6. The van der Waals surface area contributed by atoms with E-state index in [2.05, 4.69) is 0 Å². The van der Waals surface area contributed by atoms with Crippen LogP contribution in [0.5, 0.6) is 0 Å². The lowest BCUT2D eigenvalue weighted by Crippen LogP contribution is -2.44. The van der Waals surface area contributed by atoms with Crippen LogP contribution in [0.3, 0.4) is 0 Å². The van der Waals surface area contributed by atoms with Gasteiger partial charge in [0.25, 0.3) is 5.91 Å². The van der Waals surface area contributed by atoms with Crippen molar-refractivity contribution in [2.45, 2.75) is 36.6 Å². The molecule has 0 atom stereocenters. The van der Waals surface area contributed by atoms with Gasteiger partial charge in [0, 0.05) is 30.3 Å². The molecule has 1 amide bonds. The summed E-state index contributed by atoms with van der Waals surface area (Å²) in [5, 5.41) is 0. The summed E-state index contributed by atoms with van der Waals surface area (Å²) in [6.45, 7) is 0.621. The van der Waals surface area contributed by atoms with Crippen molar-refractivity contribution in [3.8, 4) is 0 Å². The first-order valence-corrected chi connectivity index (χ1v) is 9.53. The maximum atomic E-state index is 12.7. The van der Waals surface area contributed by atoms with Crippen molar-refractivity contribution in [2.75, 3.05) is 18.7 Å². The molecule has 21 heavy (non-hydrogen) atoms. The van der Waals surface area contributed by atoms with Crippen molar-refractivity contribution in [2.24, 2.45) is 0 Å². The number of benzene rings is 1. The fourth-order valence-corrected chi connectivity index (χ4v) is 3.19. The number of alkyl halides is 1. The van der Waals surface area contributed by atoms with Gasteiger partial charge in [-0.05, 0) is 43.9 Å². The Morgan fingerprint density at radius 1 is 1.38 bits per heavy atom. The standard InChI is InChI=1S/C15H20ClNO3S/c1-21(19,20)14-8-2-5-12(11-14)15(18)17(10-4-9-16)13-6-3-7-13/h2,5,8,11,13H,3-4,6-7,9-10H2,1H3. The smallest absolute Gasteiger partial charge is 0.254 e. The molecule has 0 bridgehead atoms. The van der Waals surface area contributed by atoms with Crippen LogP contribution in [0.1, 0.15) is 36.0 Å². The zero-order valence-corrected chi connectivity index (χ0v) is 13.7. The van der Waals surface area contributed by atoms with Gasteiger partial charge < -0.3 is 4.90 Å². The van der Waals surface area contributed by atoms with Gasteiger partial charge in [0.15, 0.2) is 9.84 Å². The Labute approximate surface area is 131 Å². The highest BCUT2D eigenvalue weighted by Gasteiger charge is 2.29. The third kappa shape index (κ3) is 3.98. The van der Waals surface area contributed by atoms with Crippen LogP contribution in [-0.2, 0) is 9.84 Å². The number of halogens is 1. The molecule has 116 valence electrons. The minimum atomic E-state index is -3.31. The number of hydrogen-bond acceptors (Lipinski definition) is 3. The molecule has 0 aliphatic heterocycles. The van der Waals surface area contributed by atoms with Crippen LogP contribution in [-0.4, -0.2) is 43.9 Å². The second-order valence-corrected chi connectivity index (χ2v) is 7.82. The quantitative estimate of drug-likeness (QED) is 0.754. The van der Waals surface area contributed by atoms with Gasteiger partial charge in [0.1, 0.15) is 0 Å². The Morgan fingerprint density at radius 2 is 2.10 bits per heavy atom. The molecule has 0 radical (unpaired) electrons. The first-order chi connectivity index (χ1) is 9.93. The number of carbonyl (C=O) groups is 1. The first kappa shape index (κ1) is 16.3. The maximum Gasteiger partial charge on any atom is 0.254 e. The molecule has 0 saturated heterocycles. The maximum absolute atomic E-state index is 12.7. The molecule has 1 aromatic carbocycles. The predicted octanol–water partition coefficient (Wildman–Crippen LogP) is 2.71. The van der Waals surface area contributed by atoms with Crippen LogP contribution in [0.25, 0.3) is 0 Å². The fraction of sp³-hybridized carbons (Fsp3) is 0.533. The van der Waals surface area contributed by atoms with E-state index in [4.69, 9.17) is 11.6 Å². The van der Waals surface area contributed by atoms with Gasteiger partial charge in [-0.25, -0.2) is 8.42 Å². The lowest BCUT2D eigenvalue weighted by molar-refractivity contribution is 0.0580. The lowest BCUT2D eigenvalue weighted by Gasteiger charge is -2.37. The van der Waals surface area contributed by atoms with E-state index in [0.29, 0.717) is 18.0 Å². The van der Waals surface area contributed by atoms with Gasteiger partial charge in [-0.15, -0.1) is 11.6 Å². The summed E-state index contributed by atoms with van der Waals surface area (Å²) in [5.41, 5.74) is 0.430. The van der Waals surface area contributed by atoms with Crippen molar-refractivity contribution >= 4 is 27.3 Å². The molecule has 1 fully saturated rings. The molecule has 1 saturated carbocycles. The molecule has 0 aromatic heterocycles. The van der Waals surface area contributed by atoms with E-state index in [1.54, 1.807) is 12.1 Å². The van der Waals surface area contributed by atoms with E-state index >= 15 is 0 Å². The number of amides is 1. The average Bonchev–Trinajstić information content (AvgIpc) is 2.39. The van der Waals surface area contributed by atoms with Crippen molar-refractivity contribution in [1.29, 1.82) is 0 Å². The number of sulfone groups is 1. The third-order valence-electron chi connectivity index (χ3n) is 3.82. The zero-order valence-electron chi connectivity index (χ0n) is 12.1. The van der Waals surface area contributed by atoms with Crippen LogP contribution >= 0.6 is 11.6 Å². The zero-order chi connectivity index (χ0) is 15.5. The van der Waals surface area contributed by atoms with E-state index in [9.17, 15) is 13.2 Å². The summed E-state index contributed by atoms with van der Waals surface area (Å²) in [6, 6.07) is 6.53.